The fourth-order valence-electron chi connectivity index (χ4n) is 3.04. The maximum Gasteiger partial charge on any atom is 0.126 e. The summed E-state index contributed by atoms with van der Waals surface area (Å²) in [4.78, 5) is 7.28. The number of aromatic nitrogens is 1. The van der Waals surface area contributed by atoms with Crippen LogP contribution in [0.15, 0.2) is 18.3 Å². The quantitative estimate of drug-likeness (QED) is 0.794. The molecule has 1 N–H and O–H groups in total. The molecular weight excluding hydrogens is 258 g/mol. The Kier molecular flexibility index (Phi) is 6.50. The molecule has 3 nitrogen and oxygen atoms in total. The molecule has 0 spiro atoms. The first kappa shape index (κ1) is 16.3. The summed E-state index contributed by atoms with van der Waals surface area (Å²) in [6, 6.07) is 5.48. The van der Waals surface area contributed by atoms with Crippen LogP contribution in [0.5, 0.6) is 0 Å². The SMILES string of the molecule is CCCCN1CCCC[C@@H]1c1ccc(N[C@@H](C)CC)nc1. The molecule has 1 aromatic rings. The molecule has 1 fully saturated rings. The minimum Gasteiger partial charge on any atom is -0.368 e. The summed E-state index contributed by atoms with van der Waals surface area (Å²) in [5.41, 5.74) is 1.39. The molecule has 0 saturated carbocycles. The minimum absolute atomic E-state index is 0.485. The van der Waals surface area contributed by atoms with E-state index in [1.807, 2.05) is 0 Å². The van der Waals surface area contributed by atoms with Crippen LogP contribution in [-0.4, -0.2) is 29.0 Å². The molecule has 0 aliphatic carbocycles. The molecule has 1 saturated heterocycles. The van der Waals surface area contributed by atoms with E-state index in [2.05, 4.69) is 54.3 Å². The van der Waals surface area contributed by atoms with E-state index in [-0.39, 0.29) is 0 Å². The number of anilines is 1. The van der Waals surface area contributed by atoms with Gasteiger partial charge < -0.3 is 5.32 Å². The van der Waals surface area contributed by atoms with E-state index >= 15 is 0 Å². The summed E-state index contributed by atoms with van der Waals surface area (Å²) in [6.07, 6.45) is 9.76. The Bertz CT molecular complexity index is 401. The summed E-state index contributed by atoms with van der Waals surface area (Å²) in [6.45, 7) is 9.14. The lowest BCUT2D eigenvalue weighted by Crippen LogP contribution is -2.34. The van der Waals surface area contributed by atoms with Crippen LogP contribution in [0.25, 0.3) is 0 Å². The smallest absolute Gasteiger partial charge is 0.126 e. The number of unbranched alkanes of at least 4 members (excludes halogenated alkanes) is 1. The zero-order chi connectivity index (χ0) is 15.1. The molecule has 0 bridgehead atoms. The standard InChI is InChI=1S/C18H31N3/c1-4-6-12-21-13-8-7-9-17(21)16-10-11-18(19-14-16)20-15(3)5-2/h10-11,14-15,17H,4-9,12-13H2,1-3H3,(H,19,20)/t15-,17+/m0/s1. The van der Waals surface area contributed by atoms with Crippen LogP contribution >= 0.6 is 0 Å². The van der Waals surface area contributed by atoms with Crippen molar-refractivity contribution in [2.75, 3.05) is 18.4 Å². The topological polar surface area (TPSA) is 28.2 Å². The number of nitrogens with one attached hydrogen (secondary N) is 1. The molecule has 118 valence electrons. The summed E-state index contributed by atoms with van der Waals surface area (Å²) < 4.78 is 0. The van der Waals surface area contributed by atoms with Gasteiger partial charge in [0.25, 0.3) is 0 Å². The lowest BCUT2D eigenvalue weighted by atomic mass is 9.96. The average Bonchev–Trinajstić information content (AvgIpc) is 2.54. The van der Waals surface area contributed by atoms with Crippen molar-refractivity contribution < 1.29 is 0 Å². The maximum atomic E-state index is 4.62. The Morgan fingerprint density at radius 1 is 1.33 bits per heavy atom. The third-order valence-corrected chi connectivity index (χ3v) is 4.59. The highest BCUT2D eigenvalue weighted by Crippen LogP contribution is 2.31. The predicted octanol–water partition coefficient (Wildman–Crippen LogP) is 4.62. The number of hydrogen-bond acceptors (Lipinski definition) is 3. The van der Waals surface area contributed by atoms with Gasteiger partial charge in [-0.15, -0.1) is 0 Å². The molecule has 3 heteroatoms. The summed E-state index contributed by atoms with van der Waals surface area (Å²) in [5, 5.41) is 3.44. The van der Waals surface area contributed by atoms with Crippen LogP contribution < -0.4 is 5.32 Å². The zero-order valence-electron chi connectivity index (χ0n) is 13.9. The monoisotopic (exact) mass is 289 g/mol. The van der Waals surface area contributed by atoms with Crippen LogP contribution in [-0.2, 0) is 0 Å². The second-order valence-electron chi connectivity index (χ2n) is 6.33. The molecule has 1 aliphatic heterocycles. The highest BCUT2D eigenvalue weighted by atomic mass is 15.2. The number of rotatable bonds is 7. The van der Waals surface area contributed by atoms with Crippen molar-refractivity contribution >= 4 is 5.82 Å². The molecule has 21 heavy (non-hydrogen) atoms. The van der Waals surface area contributed by atoms with E-state index in [1.165, 1.54) is 50.8 Å². The molecule has 0 radical (unpaired) electrons. The molecule has 2 atom stereocenters. The van der Waals surface area contributed by atoms with Crippen LogP contribution in [0.4, 0.5) is 5.82 Å². The Labute approximate surface area is 130 Å². The summed E-state index contributed by atoms with van der Waals surface area (Å²) in [7, 11) is 0. The molecule has 1 aliphatic rings. The largest absolute Gasteiger partial charge is 0.368 e. The van der Waals surface area contributed by atoms with Gasteiger partial charge in [0.2, 0.25) is 0 Å². The van der Waals surface area contributed by atoms with Gasteiger partial charge in [0.15, 0.2) is 0 Å². The lowest BCUT2D eigenvalue weighted by Gasteiger charge is -2.36. The zero-order valence-corrected chi connectivity index (χ0v) is 13.9. The second-order valence-corrected chi connectivity index (χ2v) is 6.33. The second kappa shape index (κ2) is 8.38. The van der Waals surface area contributed by atoms with Gasteiger partial charge >= 0.3 is 0 Å². The van der Waals surface area contributed by atoms with E-state index in [0.29, 0.717) is 12.1 Å². The van der Waals surface area contributed by atoms with Crippen molar-refractivity contribution in [1.82, 2.24) is 9.88 Å². The van der Waals surface area contributed by atoms with E-state index < -0.39 is 0 Å². The first-order valence-electron chi connectivity index (χ1n) is 8.71. The average molecular weight is 289 g/mol. The predicted molar refractivity (Wildman–Crippen MR) is 90.7 cm³/mol. The third-order valence-electron chi connectivity index (χ3n) is 4.59. The van der Waals surface area contributed by atoms with Crippen LogP contribution in [0.1, 0.15) is 70.9 Å². The molecule has 0 amide bonds. The van der Waals surface area contributed by atoms with Gasteiger partial charge in [0, 0.05) is 18.3 Å². The van der Waals surface area contributed by atoms with Crippen molar-refractivity contribution in [3.05, 3.63) is 23.9 Å². The van der Waals surface area contributed by atoms with E-state index in [1.54, 1.807) is 0 Å². The van der Waals surface area contributed by atoms with Crippen LogP contribution in [0, 0.1) is 0 Å². The van der Waals surface area contributed by atoms with Crippen molar-refractivity contribution in [1.29, 1.82) is 0 Å². The molecule has 0 aromatic carbocycles. The van der Waals surface area contributed by atoms with E-state index in [9.17, 15) is 0 Å². The van der Waals surface area contributed by atoms with Gasteiger partial charge in [-0.05, 0) is 57.3 Å². The molecule has 2 rings (SSSR count). The Morgan fingerprint density at radius 3 is 2.86 bits per heavy atom. The number of piperidine rings is 1. The molecule has 0 unspecified atom stereocenters. The van der Waals surface area contributed by atoms with Gasteiger partial charge in [0.1, 0.15) is 5.82 Å². The first-order chi connectivity index (χ1) is 10.2. The number of nitrogens with zero attached hydrogens (tertiary/aromatic N) is 2. The number of likely N-dealkylation sites (tertiary alicyclic amines) is 1. The number of hydrogen-bond donors (Lipinski definition) is 1. The fraction of sp³-hybridized carbons (Fsp3) is 0.722. The van der Waals surface area contributed by atoms with Gasteiger partial charge in [-0.3, -0.25) is 4.90 Å². The van der Waals surface area contributed by atoms with Crippen LogP contribution in [0.2, 0.25) is 0 Å². The minimum atomic E-state index is 0.485. The first-order valence-corrected chi connectivity index (χ1v) is 8.71. The molecular formula is C18H31N3. The van der Waals surface area contributed by atoms with Crippen molar-refractivity contribution in [3.63, 3.8) is 0 Å². The molecule has 2 heterocycles. The maximum absolute atomic E-state index is 4.62. The van der Waals surface area contributed by atoms with Crippen molar-refractivity contribution in [3.8, 4) is 0 Å². The normalized spacial score (nSPS) is 21.2. The van der Waals surface area contributed by atoms with E-state index in [4.69, 9.17) is 0 Å². The Hall–Kier alpha value is -1.09. The fourth-order valence-corrected chi connectivity index (χ4v) is 3.04. The summed E-state index contributed by atoms with van der Waals surface area (Å²) in [5.74, 6) is 1.00. The number of pyridine rings is 1. The van der Waals surface area contributed by atoms with Gasteiger partial charge in [-0.2, -0.15) is 0 Å². The third kappa shape index (κ3) is 4.70. The highest BCUT2D eigenvalue weighted by Gasteiger charge is 2.23. The van der Waals surface area contributed by atoms with E-state index in [0.717, 1.165) is 12.2 Å². The van der Waals surface area contributed by atoms with Crippen molar-refractivity contribution in [2.24, 2.45) is 0 Å². The Balaban J connectivity index is 2.01. The van der Waals surface area contributed by atoms with Gasteiger partial charge in [-0.1, -0.05) is 32.8 Å². The molecule has 1 aromatic heterocycles. The van der Waals surface area contributed by atoms with Gasteiger partial charge in [0.05, 0.1) is 0 Å². The van der Waals surface area contributed by atoms with Gasteiger partial charge in [-0.25, -0.2) is 4.98 Å². The van der Waals surface area contributed by atoms with Crippen LogP contribution in [0.3, 0.4) is 0 Å². The Morgan fingerprint density at radius 2 is 2.19 bits per heavy atom. The summed E-state index contributed by atoms with van der Waals surface area (Å²) >= 11 is 0. The lowest BCUT2D eigenvalue weighted by molar-refractivity contribution is 0.146. The highest BCUT2D eigenvalue weighted by molar-refractivity contribution is 5.37. The van der Waals surface area contributed by atoms with Crippen molar-refractivity contribution in [2.45, 2.75) is 71.4 Å².